The smallest absolute Gasteiger partial charge is 0.255 e. The number of nitrogens with zero attached hydrogens (tertiary/aromatic N) is 5. The molecule has 0 unspecified atom stereocenters. The van der Waals surface area contributed by atoms with Crippen molar-refractivity contribution in [1.29, 1.82) is 0 Å². The van der Waals surface area contributed by atoms with E-state index < -0.39 is 11.6 Å². The van der Waals surface area contributed by atoms with Crippen LogP contribution in [0, 0.1) is 0 Å². The Balaban J connectivity index is 1.61. The summed E-state index contributed by atoms with van der Waals surface area (Å²) in [6, 6.07) is 24.9. The van der Waals surface area contributed by atoms with Gasteiger partial charge in [-0.1, -0.05) is 59.7 Å². The van der Waals surface area contributed by atoms with E-state index in [4.69, 9.17) is 25.1 Å². The number of azide groups is 1. The van der Waals surface area contributed by atoms with Gasteiger partial charge in [0, 0.05) is 43.0 Å². The van der Waals surface area contributed by atoms with Crippen molar-refractivity contribution in [2.75, 3.05) is 26.3 Å². The molecule has 0 aromatic heterocycles. The molecule has 0 spiro atoms. The molecule has 5 rings (SSSR count). The molecule has 3 aromatic rings. The van der Waals surface area contributed by atoms with Gasteiger partial charge in [0.1, 0.15) is 5.75 Å². The van der Waals surface area contributed by atoms with Gasteiger partial charge in [-0.25, -0.2) is 4.99 Å². The van der Waals surface area contributed by atoms with Crippen LogP contribution in [0.15, 0.2) is 89.0 Å². The number of aliphatic imine (C=N–C) groups is 1. The molecule has 1 saturated heterocycles. The van der Waals surface area contributed by atoms with E-state index in [0.717, 1.165) is 35.1 Å². The lowest BCUT2D eigenvalue weighted by Crippen LogP contribution is -2.51. The van der Waals surface area contributed by atoms with Crippen molar-refractivity contribution in [3.63, 3.8) is 0 Å². The first-order valence-electron chi connectivity index (χ1n) is 13.7. The molecule has 9 nitrogen and oxygen atoms in total. The van der Waals surface area contributed by atoms with Gasteiger partial charge in [-0.15, -0.1) is 0 Å². The summed E-state index contributed by atoms with van der Waals surface area (Å²) < 4.78 is 12.3. The van der Waals surface area contributed by atoms with Crippen molar-refractivity contribution < 1.29 is 19.4 Å². The summed E-state index contributed by atoms with van der Waals surface area (Å²) in [5.74, 6) is 1.00. The zero-order valence-corrected chi connectivity index (χ0v) is 22.4. The van der Waals surface area contributed by atoms with Gasteiger partial charge in [0.2, 0.25) is 5.90 Å². The zero-order valence-electron chi connectivity index (χ0n) is 22.4. The Morgan fingerprint density at radius 2 is 1.80 bits per heavy atom. The van der Waals surface area contributed by atoms with E-state index in [1.807, 2.05) is 83.8 Å². The fraction of sp³-hybridized carbons (Fsp3) is 0.355. The molecule has 9 heteroatoms. The lowest BCUT2D eigenvalue weighted by Gasteiger charge is -2.34. The van der Waals surface area contributed by atoms with Gasteiger partial charge < -0.3 is 19.5 Å². The van der Waals surface area contributed by atoms with Crippen molar-refractivity contribution >= 4 is 11.8 Å². The molecule has 2 atom stereocenters. The number of aliphatic hydroxyl groups is 1. The fourth-order valence-corrected chi connectivity index (χ4v) is 5.39. The maximum atomic E-state index is 14.5. The van der Waals surface area contributed by atoms with Gasteiger partial charge in [-0.3, -0.25) is 4.79 Å². The standard InChI is InChI=1S/C31H33N5O4/c32-35-33-22-25-11-4-5-12-27(25)28-31(21-23-9-2-1-3-10-23,30(38)36-17-6-7-18-36)34-29(40-28)24-13-15-26(16-14-24)39-20-8-19-37/h1-5,9-16,28,37H,6-8,17-22H2/t28-,31-/m1/s1. The van der Waals surface area contributed by atoms with Crippen LogP contribution in [0.3, 0.4) is 0 Å². The van der Waals surface area contributed by atoms with Crippen LogP contribution in [0.25, 0.3) is 10.4 Å². The molecule has 0 saturated carbocycles. The van der Waals surface area contributed by atoms with Crippen molar-refractivity contribution in [3.8, 4) is 5.75 Å². The summed E-state index contributed by atoms with van der Waals surface area (Å²) in [5.41, 5.74) is 11.1. The van der Waals surface area contributed by atoms with Crippen molar-refractivity contribution in [1.82, 2.24) is 4.90 Å². The summed E-state index contributed by atoms with van der Waals surface area (Å²) in [6.07, 6.45) is 2.10. The molecule has 1 fully saturated rings. The number of carbonyl (C=O) groups is 1. The molecule has 0 aliphatic carbocycles. The molecule has 2 aliphatic rings. The van der Waals surface area contributed by atoms with Crippen molar-refractivity contribution in [2.45, 2.75) is 43.9 Å². The SMILES string of the molecule is [N-]=[N+]=NCc1ccccc1[C@H]1OC(c2ccc(OCCCO)cc2)=N[C@@]1(Cc1ccccc1)C(=O)N1CCCC1. The van der Waals surface area contributed by atoms with Crippen LogP contribution in [-0.4, -0.2) is 53.7 Å². The number of likely N-dealkylation sites (tertiary alicyclic amines) is 1. The first kappa shape index (κ1) is 27.2. The number of aliphatic hydroxyl groups excluding tert-OH is 1. The number of carbonyl (C=O) groups excluding carboxylic acids is 1. The molecular formula is C31H33N5O4. The first-order chi connectivity index (χ1) is 19.6. The fourth-order valence-electron chi connectivity index (χ4n) is 5.39. The molecule has 2 heterocycles. The summed E-state index contributed by atoms with van der Waals surface area (Å²) >= 11 is 0. The van der Waals surface area contributed by atoms with E-state index in [9.17, 15) is 4.79 Å². The van der Waals surface area contributed by atoms with Gasteiger partial charge in [0.25, 0.3) is 5.91 Å². The summed E-state index contributed by atoms with van der Waals surface area (Å²) in [7, 11) is 0. The third kappa shape index (κ3) is 5.81. The minimum atomic E-state index is -1.25. The van der Waals surface area contributed by atoms with Crippen LogP contribution in [0.4, 0.5) is 0 Å². The molecule has 206 valence electrons. The molecule has 2 aliphatic heterocycles. The lowest BCUT2D eigenvalue weighted by atomic mass is 9.80. The van der Waals surface area contributed by atoms with Crippen LogP contribution < -0.4 is 4.74 Å². The number of amides is 1. The maximum Gasteiger partial charge on any atom is 0.255 e. The Bertz CT molecular complexity index is 1380. The van der Waals surface area contributed by atoms with E-state index in [2.05, 4.69) is 10.0 Å². The maximum absolute atomic E-state index is 14.5. The molecule has 3 aromatic carbocycles. The Morgan fingerprint density at radius 1 is 1.07 bits per heavy atom. The van der Waals surface area contributed by atoms with Gasteiger partial charge in [-0.2, -0.15) is 0 Å². The second-order valence-electron chi connectivity index (χ2n) is 10.0. The van der Waals surface area contributed by atoms with E-state index in [1.165, 1.54) is 0 Å². The molecule has 1 amide bonds. The number of benzene rings is 3. The van der Waals surface area contributed by atoms with Gasteiger partial charge in [-0.05, 0) is 59.3 Å². The van der Waals surface area contributed by atoms with Gasteiger partial charge in [0.15, 0.2) is 11.6 Å². The van der Waals surface area contributed by atoms with Crippen LogP contribution in [0.1, 0.15) is 47.6 Å². The van der Waals surface area contributed by atoms with Crippen molar-refractivity contribution in [2.24, 2.45) is 10.1 Å². The number of rotatable bonds is 11. The Kier molecular flexibility index (Phi) is 8.64. The molecule has 0 bridgehead atoms. The summed E-state index contributed by atoms with van der Waals surface area (Å²) in [5, 5.41) is 12.8. The number of hydrogen-bond acceptors (Lipinski definition) is 6. The Labute approximate surface area is 233 Å². The number of hydrogen-bond donors (Lipinski definition) is 1. The summed E-state index contributed by atoms with van der Waals surface area (Å²) in [4.78, 5) is 24.5. The predicted octanol–water partition coefficient (Wildman–Crippen LogP) is 5.38. The topological polar surface area (TPSA) is 120 Å². The van der Waals surface area contributed by atoms with Gasteiger partial charge in [0.05, 0.1) is 13.2 Å². The predicted molar refractivity (Wildman–Crippen MR) is 152 cm³/mol. The Morgan fingerprint density at radius 3 is 2.52 bits per heavy atom. The third-order valence-electron chi connectivity index (χ3n) is 7.36. The monoisotopic (exact) mass is 539 g/mol. The highest BCUT2D eigenvalue weighted by Gasteiger charge is 2.55. The van der Waals surface area contributed by atoms with Crippen LogP contribution in [0.2, 0.25) is 0 Å². The second kappa shape index (κ2) is 12.7. The largest absolute Gasteiger partial charge is 0.494 e. The lowest BCUT2D eigenvalue weighted by molar-refractivity contribution is -0.138. The normalized spacial score (nSPS) is 20.0. The first-order valence-corrected chi connectivity index (χ1v) is 13.7. The molecule has 40 heavy (non-hydrogen) atoms. The van der Waals surface area contributed by atoms with Gasteiger partial charge >= 0.3 is 0 Å². The third-order valence-corrected chi connectivity index (χ3v) is 7.36. The van der Waals surface area contributed by atoms with E-state index in [-0.39, 0.29) is 19.1 Å². The van der Waals surface area contributed by atoms with Crippen LogP contribution in [-0.2, 0) is 22.5 Å². The van der Waals surface area contributed by atoms with E-state index >= 15 is 0 Å². The van der Waals surface area contributed by atoms with E-state index in [0.29, 0.717) is 44.2 Å². The van der Waals surface area contributed by atoms with E-state index in [1.54, 1.807) is 0 Å². The minimum Gasteiger partial charge on any atom is -0.494 e. The molecule has 0 radical (unpaired) electrons. The highest BCUT2D eigenvalue weighted by molar-refractivity contribution is 6.01. The van der Waals surface area contributed by atoms with Crippen LogP contribution >= 0.6 is 0 Å². The zero-order chi connectivity index (χ0) is 27.8. The number of ether oxygens (including phenoxy) is 2. The molecule has 1 N–H and O–H groups in total. The average Bonchev–Trinajstić information content (AvgIpc) is 3.66. The van der Waals surface area contributed by atoms with Crippen molar-refractivity contribution in [3.05, 3.63) is 112 Å². The van der Waals surface area contributed by atoms with Crippen LogP contribution in [0.5, 0.6) is 5.75 Å². The molecular weight excluding hydrogens is 506 g/mol. The highest BCUT2D eigenvalue weighted by Crippen LogP contribution is 2.45. The highest BCUT2D eigenvalue weighted by atomic mass is 16.5. The Hall–Kier alpha value is -4.33. The quantitative estimate of drug-likeness (QED) is 0.152. The minimum absolute atomic E-state index is 0.0589. The summed E-state index contributed by atoms with van der Waals surface area (Å²) in [6.45, 7) is 2.00. The average molecular weight is 540 g/mol. The second-order valence-corrected chi connectivity index (χ2v) is 10.0.